The number of hydrogen-bond donors (Lipinski definition) is 4. The molecule has 0 spiro atoms. The normalized spacial score (nSPS) is 13.5. The number of phosphoric acid groups is 1. The molecule has 38 heavy (non-hydrogen) atoms. The van der Waals surface area contributed by atoms with Gasteiger partial charge in [0.05, 0.1) is 18.8 Å². The lowest BCUT2D eigenvalue weighted by atomic mass is 10.0. The molecule has 0 aliphatic carbocycles. The van der Waals surface area contributed by atoms with E-state index in [0.29, 0.717) is 12.8 Å². The summed E-state index contributed by atoms with van der Waals surface area (Å²) < 4.78 is 15.8. The van der Waals surface area contributed by atoms with Crippen molar-refractivity contribution in [3.63, 3.8) is 0 Å². The lowest BCUT2D eigenvalue weighted by Crippen LogP contribution is -2.46. The maximum Gasteiger partial charge on any atom is 0.469 e. The van der Waals surface area contributed by atoms with Gasteiger partial charge in [0.15, 0.2) is 0 Å². The number of carbonyl (C=O) groups is 1. The molecule has 0 heterocycles. The Balaban J connectivity index is 4.01. The van der Waals surface area contributed by atoms with Crippen LogP contribution in [0.1, 0.15) is 168 Å². The fourth-order valence-electron chi connectivity index (χ4n) is 4.87. The zero-order valence-electron chi connectivity index (χ0n) is 24.8. The molecule has 8 heteroatoms. The number of aliphatic hydroxyl groups is 1. The molecule has 0 aromatic carbocycles. The highest BCUT2D eigenvalue weighted by atomic mass is 31.2. The van der Waals surface area contributed by atoms with Gasteiger partial charge in [0.25, 0.3) is 0 Å². The molecule has 0 radical (unpaired) electrons. The average molecular weight is 564 g/mol. The molecule has 0 aromatic heterocycles. The highest BCUT2D eigenvalue weighted by Crippen LogP contribution is 2.36. The van der Waals surface area contributed by atoms with Gasteiger partial charge < -0.3 is 20.2 Å². The van der Waals surface area contributed by atoms with Crippen molar-refractivity contribution < 1.29 is 28.8 Å². The van der Waals surface area contributed by atoms with Crippen molar-refractivity contribution in [3.8, 4) is 0 Å². The molecule has 0 aromatic rings. The quantitative estimate of drug-likeness (QED) is 0.0537. The smallest absolute Gasteiger partial charge is 0.391 e. The Morgan fingerprint density at radius 3 is 1.42 bits per heavy atom. The van der Waals surface area contributed by atoms with Crippen molar-refractivity contribution in [1.82, 2.24) is 5.32 Å². The summed E-state index contributed by atoms with van der Waals surface area (Å²) in [6.07, 6.45) is 26.6. The predicted octanol–water partition coefficient (Wildman–Crippen LogP) is 8.34. The van der Waals surface area contributed by atoms with Crippen molar-refractivity contribution >= 4 is 13.7 Å². The maximum absolute atomic E-state index is 12.4. The van der Waals surface area contributed by atoms with E-state index in [-0.39, 0.29) is 5.91 Å². The predicted molar refractivity (Wildman–Crippen MR) is 158 cm³/mol. The van der Waals surface area contributed by atoms with Crippen LogP contribution in [0.15, 0.2) is 0 Å². The zero-order chi connectivity index (χ0) is 28.3. The summed E-state index contributed by atoms with van der Waals surface area (Å²) in [7, 11) is -4.67. The van der Waals surface area contributed by atoms with Crippen molar-refractivity contribution in [2.45, 2.75) is 180 Å². The SMILES string of the molecule is CCCCCCCCCCCCCCCC[C@@H](O)[C@H](COP(=O)(O)O)NC(=O)CCCCCCCCCC. The van der Waals surface area contributed by atoms with E-state index < -0.39 is 26.6 Å². The molecule has 0 unspecified atom stereocenters. The third-order valence-corrected chi connectivity index (χ3v) is 7.83. The Kier molecular flexibility index (Phi) is 26.4. The molecular formula is C30H62NO6P. The zero-order valence-corrected chi connectivity index (χ0v) is 25.7. The van der Waals surface area contributed by atoms with E-state index in [1.54, 1.807) is 0 Å². The third-order valence-electron chi connectivity index (χ3n) is 7.34. The molecule has 0 rings (SSSR count). The van der Waals surface area contributed by atoms with Gasteiger partial charge in [-0.25, -0.2) is 4.57 Å². The second kappa shape index (κ2) is 26.7. The van der Waals surface area contributed by atoms with Crippen molar-refractivity contribution in [2.75, 3.05) is 6.61 Å². The molecule has 228 valence electrons. The van der Waals surface area contributed by atoms with Crippen molar-refractivity contribution in [1.29, 1.82) is 0 Å². The van der Waals surface area contributed by atoms with E-state index in [4.69, 9.17) is 9.79 Å². The van der Waals surface area contributed by atoms with Crippen LogP contribution in [0.3, 0.4) is 0 Å². The van der Waals surface area contributed by atoms with Crippen LogP contribution < -0.4 is 5.32 Å². The van der Waals surface area contributed by atoms with Gasteiger partial charge in [0, 0.05) is 6.42 Å². The summed E-state index contributed by atoms with van der Waals surface area (Å²) >= 11 is 0. The van der Waals surface area contributed by atoms with Gasteiger partial charge >= 0.3 is 7.82 Å². The van der Waals surface area contributed by atoms with E-state index >= 15 is 0 Å². The summed E-state index contributed by atoms with van der Waals surface area (Å²) in [6, 6.07) is -0.814. The summed E-state index contributed by atoms with van der Waals surface area (Å²) in [5.41, 5.74) is 0. The van der Waals surface area contributed by atoms with Gasteiger partial charge in [0.1, 0.15) is 0 Å². The largest absolute Gasteiger partial charge is 0.469 e. The van der Waals surface area contributed by atoms with Crippen molar-refractivity contribution in [2.24, 2.45) is 0 Å². The summed E-state index contributed by atoms with van der Waals surface area (Å²) in [4.78, 5) is 30.5. The van der Waals surface area contributed by atoms with Crippen LogP contribution in [0.25, 0.3) is 0 Å². The van der Waals surface area contributed by atoms with Gasteiger partial charge in [-0.3, -0.25) is 9.32 Å². The van der Waals surface area contributed by atoms with E-state index in [0.717, 1.165) is 38.5 Å². The van der Waals surface area contributed by atoms with E-state index in [2.05, 4.69) is 23.7 Å². The monoisotopic (exact) mass is 563 g/mol. The van der Waals surface area contributed by atoms with E-state index in [1.165, 1.54) is 103 Å². The van der Waals surface area contributed by atoms with Crippen molar-refractivity contribution in [3.05, 3.63) is 0 Å². The summed E-state index contributed by atoms with van der Waals surface area (Å²) in [5, 5.41) is 13.4. The molecular weight excluding hydrogens is 501 g/mol. The molecule has 0 fully saturated rings. The Hall–Kier alpha value is -0.460. The van der Waals surface area contributed by atoms with Gasteiger partial charge in [0.2, 0.25) is 5.91 Å². The van der Waals surface area contributed by atoms with Gasteiger partial charge in [-0.15, -0.1) is 0 Å². The molecule has 0 saturated heterocycles. The number of phosphoric ester groups is 1. The van der Waals surface area contributed by atoms with Crippen LogP contribution in [0, 0.1) is 0 Å². The Bertz CT molecular complexity index is 571. The van der Waals surface area contributed by atoms with Gasteiger partial charge in [-0.1, -0.05) is 149 Å². The second-order valence-electron chi connectivity index (χ2n) is 11.1. The van der Waals surface area contributed by atoms with Crippen LogP contribution in [0.5, 0.6) is 0 Å². The van der Waals surface area contributed by atoms with Crippen LogP contribution in [0.4, 0.5) is 0 Å². The second-order valence-corrected chi connectivity index (χ2v) is 12.4. The topological polar surface area (TPSA) is 116 Å². The minimum Gasteiger partial charge on any atom is -0.391 e. The summed E-state index contributed by atoms with van der Waals surface area (Å²) in [5.74, 6) is -0.199. The number of unbranched alkanes of at least 4 members (excludes halogenated alkanes) is 20. The Morgan fingerprint density at radius 2 is 1.03 bits per heavy atom. The molecule has 2 atom stereocenters. The van der Waals surface area contributed by atoms with E-state index in [9.17, 15) is 14.5 Å². The van der Waals surface area contributed by atoms with E-state index in [1.807, 2.05) is 0 Å². The average Bonchev–Trinajstić information content (AvgIpc) is 2.87. The van der Waals surface area contributed by atoms with Crippen LogP contribution >= 0.6 is 7.82 Å². The standard InChI is InChI=1S/C30H62NO6P/c1-3-5-7-9-11-13-14-15-16-17-18-19-21-23-25-29(32)28(27-37-38(34,35)36)31-30(33)26-24-22-20-12-10-8-6-4-2/h28-29,32H,3-27H2,1-2H3,(H,31,33)(H2,34,35,36)/t28-,29+/m0/s1. The lowest BCUT2D eigenvalue weighted by Gasteiger charge is -2.24. The maximum atomic E-state index is 12.4. The molecule has 0 aliphatic rings. The first-order valence-electron chi connectivity index (χ1n) is 16.0. The minimum atomic E-state index is -4.67. The van der Waals surface area contributed by atoms with Crippen LogP contribution in [-0.2, 0) is 13.9 Å². The molecule has 0 saturated carbocycles. The number of aliphatic hydroxyl groups excluding tert-OH is 1. The molecule has 1 amide bonds. The lowest BCUT2D eigenvalue weighted by molar-refractivity contribution is -0.123. The minimum absolute atomic E-state index is 0.199. The highest BCUT2D eigenvalue weighted by Gasteiger charge is 2.25. The fraction of sp³-hybridized carbons (Fsp3) is 0.967. The number of hydrogen-bond acceptors (Lipinski definition) is 4. The molecule has 0 aliphatic heterocycles. The number of carbonyl (C=O) groups excluding carboxylic acids is 1. The fourth-order valence-corrected chi connectivity index (χ4v) is 5.23. The molecule has 0 bridgehead atoms. The Labute approximate surface area is 234 Å². The van der Waals surface area contributed by atoms with Gasteiger partial charge in [-0.2, -0.15) is 0 Å². The number of nitrogens with one attached hydrogen (secondary N) is 1. The van der Waals surface area contributed by atoms with Crippen LogP contribution in [0.2, 0.25) is 0 Å². The first kappa shape index (κ1) is 37.5. The first-order valence-corrected chi connectivity index (χ1v) is 17.5. The number of amides is 1. The number of rotatable bonds is 29. The Morgan fingerprint density at radius 1 is 0.658 bits per heavy atom. The van der Waals surface area contributed by atoms with Gasteiger partial charge in [-0.05, 0) is 12.8 Å². The highest BCUT2D eigenvalue weighted by molar-refractivity contribution is 7.46. The molecule has 4 N–H and O–H groups in total. The first-order chi connectivity index (χ1) is 18.3. The summed E-state index contributed by atoms with van der Waals surface area (Å²) in [6.45, 7) is 4.06. The molecule has 7 nitrogen and oxygen atoms in total. The van der Waals surface area contributed by atoms with Crippen LogP contribution in [-0.4, -0.2) is 39.6 Å². The third kappa shape index (κ3) is 27.1.